The molecular formula is C17H29N7O3. The summed E-state index contributed by atoms with van der Waals surface area (Å²) in [7, 11) is 0. The molecule has 2 fully saturated rings. The van der Waals surface area contributed by atoms with Gasteiger partial charge in [-0.3, -0.25) is 4.90 Å². The van der Waals surface area contributed by atoms with Crippen molar-refractivity contribution < 1.29 is 14.3 Å². The summed E-state index contributed by atoms with van der Waals surface area (Å²) in [6.07, 6.45) is 3.10. The van der Waals surface area contributed by atoms with E-state index in [-0.39, 0.29) is 12.1 Å². The van der Waals surface area contributed by atoms with Gasteiger partial charge < -0.3 is 25.0 Å². The molecule has 10 nitrogen and oxygen atoms in total. The van der Waals surface area contributed by atoms with E-state index in [9.17, 15) is 4.79 Å². The maximum absolute atomic E-state index is 11.8. The van der Waals surface area contributed by atoms with E-state index in [1.54, 1.807) is 11.1 Å². The van der Waals surface area contributed by atoms with E-state index in [4.69, 9.17) is 9.47 Å². The Morgan fingerprint density at radius 1 is 1.30 bits per heavy atom. The van der Waals surface area contributed by atoms with E-state index < -0.39 is 0 Å². The van der Waals surface area contributed by atoms with Gasteiger partial charge in [0.15, 0.2) is 5.82 Å². The number of anilines is 2. The number of hydrogen-bond donors (Lipinski definition) is 2. The van der Waals surface area contributed by atoms with Gasteiger partial charge in [-0.2, -0.15) is 10.1 Å². The van der Waals surface area contributed by atoms with Gasteiger partial charge in [-0.25, -0.2) is 4.79 Å². The van der Waals surface area contributed by atoms with Crippen LogP contribution in [0.5, 0.6) is 0 Å². The van der Waals surface area contributed by atoms with Crippen LogP contribution in [-0.2, 0) is 9.47 Å². The molecule has 0 atom stereocenters. The summed E-state index contributed by atoms with van der Waals surface area (Å²) in [4.78, 5) is 20.3. The lowest BCUT2D eigenvalue weighted by Gasteiger charge is -2.31. The fourth-order valence-corrected chi connectivity index (χ4v) is 3.23. The Morgan fingerprint density at radius 3 is 2.81 bits per heavy atom. The van der Waals surface area contributed by atoms with Crippen molar-refractivity contribution in [3.63, 3.8) is 0 Å². The van der Waals surface area contributed by atoms with Crippen LogP contribution in [0.1, 0.15) is 19.8 Å². The lowest BCUT2D eigenvalue weighted by Crippen LogP contribution is -2.42. The minimum Gasteiger partial charge on any atom is -0.450 e. The van der Waals surface area contributed by atoms with Crippen LogP contribution in [0, 0.1) is 0 Å². The fourth-order valence-electron chi connectivity index (χ4n) is 3.23. The number of ether oxygens (including phenoxy) is 2. The maximum atomic E-state index is 11.8. The van der Waals surface area contributed by atoms with Crippen LogP contribution in [0.15, 0.2) is 6.20 Å². The first-order valence-corrected chi connectivity index (χ1v) is 9.66. The molecule has 2 saturated heterocycles. The summed E-state index contributed by atoms with van der Waals surface area (Å²) in [5, 5.41) is 14.7. The van der Waals surface area contributed by atoms with E-state index in [0.717, 1.165) is 52.2 Å². The SMILES string of the molecule is CCOC(=O)N1CCC(Nc2cnnc(NCCN3CCOCC3)n2)CC1. The summed E-state index contributed by atoms with van der Waals surface area (Å²) in [6.45, 7) is 8.81. The Labute approximate surface area is 159 Å². The van der Waals surface area contributed by atoms with Gasteiger partial charge in [-0.05, 0) is 19.8 Å². The van der Waals surface area contributed by atoms with E-state index in [1.165, 1.54) is 0 Å². The number of rotatable bonds is 7. The monoisotopic (exact) mass is 379 g/mol. The van der Waals surface area contributed by atoms with Crippen molar-refractivity contribution in [2.24, 2.45) is 0 Å². The molecule has 150 valence electrons. The van der Waals surface area contributed by atoms with Crippen molar-refractivity contribution in [1.82, 2.24) is 25.0 Å². The van der Waals surface area contributed by atoms with Gasteiger partial charge in [0.05, 0.1) is 26.0 Å². The summed E-state index contributed by atoms with van der Waals surface area (Å²) < 4.78 is 10.4. The predicted octanol–water partition coefficient (Wildman–Crippen LogP) is 0.649. The van der Waals surface area contributed by atoms with Crippen molar-refractivity contribution in [3.05, 3.63) is 6.20 Å². The third-order valence-electron chi connectivity index (χ3n) is 4.75. The highest BCUT2D eigenvalue weighted by Crippen LogP contribution is 2.16. The molecule has 3 heterocycles. The van der Waals surface area contributed by atoms with Gasteiger partial charge in [-0.15, -0.1) is 5.10 Å². The molecule has 0 spiro atoms. The van der Waals surface area contributed by atoms with E-state index >= 15 is 0 Å². The minimum atomic E-state index is -0.230. The molecule has 1 aromatic heterocycles. The largest absolute Gasteiger partial charge is 0.450 e. The number of piperidine rings is 1. The molecule has 2 aliphatic rings. The van der Waals surface area contributed by atoms with Crippen molar-refractivity contribution in [2.45, 2.75) is 25.8 Å². The van der Waals surface area contributed by atoms with E-state index in [2.05, 4.69) is 30.7 Å². The van der Waals surface area contributed by atoms with Gasteiger partial charge >= 0.3 is 6.09 Å². The quantitative estimate of drug-likeness (QED) is 0.706. The maximum Gasteiger partial charge on any atom is 0.409 e. The first-order valence-electron chi connectivity index (χ1n) is 9.66. The number of likely N-dealkylation sites (tertiary alicyclic amines) is 1. The second-order valence-electron chi connectivity index (χ2n) is 6.65. The summed E-state index contributed by atoms with van der Waals surface area (Å²) in [5.74, 6) is 1.23. The molecule has 0 radical (unpaired) electrons. The molecule has 0 bridgehead atoms. The third-order valence-corrected chi connectivity index (χ3v) is 4.75. The van der Waals surface area contributed by atoms with Crippen molar-refractivity contribution in [2.75, 3.05) is 69.7 Å². The zero-order valence-corrected chi connectivity index (χ0v) is 15.9. The number of nitrogens with zero attached hydrogens (tertiary/aromatic N) is 5. The standard InChI is InChI=1S/C17H29N7O3/c1-2-27-17(25)24-6-3-14(4-7-24)20-15-13-19-22-16(21-15)18-5-8-23-9-11-26-12-10-23/h13-14H,2-12H2,1H3,(H2,18,20,21,22). The average molecular weight is 379 g/mol. The molecule has 2 aliphatic heterocycles. The summed E-state index contributed by atoms with van der Waals surface area (Å²) in [5.41, 5.74) is 0. The van der Waals surface area contributed by atoms with Gasteiger partial charge in [0.2, 0.25) is 5.95 Å². The molecule has 0 saturated carbocycles. The molecule has 27 heavy (non-hydrogen) atoms. The van der Waals surface area contributed by atoms with Gasteiger partial charge in [0.1, 0.15) is 0 Å². The summed E-state index contributed by atoms with van der Waals surface area (Å²) >= 11 is 0. The van der Waals surface area contributed by atoms with Crippen molar-refractivity contribution in [3.8, 4) is 0 Å². The number of morpholine rings is 1. The highest BCUT2D eigenvalue weighted by Gasteiger charge is 2.23. The molecule has 3 rings (SSSR count). The van der Waals surface area contributed by atoms with Gasteiger partial charge in [-0.1, -0.05) is 0 Å². The predicted molar refractivity (Wildman–Crippen MR) is 101 cm³/mol. The topological polar surface area (TPSA) is 105 Å². The van der Waals surface area contributed by atoms with E-state index in [1.807, 2.05) is 6.92 Å². The van der Waals surface area contributed by atoms with Crippen LogP contribution in [0.3, 0.4) is 0 Å². The zero-order valence-electron chi connectivity index (χ0n) is 15.9. The average Bonchev–Trinajstić information content (AvgIpc) is 2.70. The van der Waals surface area contributed by atoms with Crippen LogP contribution >= 0.6 is 0 Å². The van der Waals surface area contributed by atoms with Gasteiger partial charge in [0.25, 0.3) is 0 Å². The zero-order chi connectivity index (χ0) is 18.9. The first kappa shape index (κ1) is 19.6. The Kier molecular flexibility index (Phi) is 7.40. The second-order valence-corrected chi connectivity index (χ2v) is 6.65. The number of hydrogen-bond acceptors (Lipinski definition) is 9. The van der Waals surface area contributed by atoms with Crippen LogP contribution in [0.25, 0.3) is 0 Å². The first-order chi connectivity index (χ1) is 13.2. The van der Waals surface area contributed by atoms with Gasteiger partial charge in [0, 0.05) is 45.3 Å². The van der Waals surface area contributed by atoms with Crippen LogP contribution in [0.2, 0.25) is 0 Å². The molecule has 0 aliphatic carbocycles. The van der Waals surface area contributed by atoms with Crippen molar-refractivity contribution in [1.29, 1.82) is 0 Å². The highest BCUT2D eigenvalue weighted by molar-refractivity contribution is 5.67. The normalized spacial score (nSPS) is 18.9. The minimum absolute atomic E-state index is 0.230. The fraction of sp³-hybridized carbons (Fsp3) is 0.765. The Hall–Kier alpha value is -2.20. The molecule has 1 aromatic rings. The van der Waals surface area contributed by atoms with Crippen LogP contribution < -0.4 is 10.6 Å². The number of aromatic nitrogens is 3. The Bertz CT molecular complexity index is 590. The molecule has 2 N–H and O–H groups in total. The highest BCUT2D eigenvalue weighted by atomic mass is 16.6. The Morgan fingerprint density at radius 2 is 2.07 bits per heavy atom. The smallest absolute Gasteiger partial charge is 0.409 e. The van der Waals surface area contributed by atoms with Crippen molar-refractivity contribution >= 4 is 17.9 Å². The van der Waals surface area contributed by atoms with E-state index in [0.29, 0.717) is 31.5 Å². The number of carbonyl (C=O) groups excluding carboxylic acids is 1. The number of amides is 1. The molecule has 1 amide bonds. The molecular weight excluding hydrogens is 350 g/mol. The lowest BCUT2D eigenvalue weighted by atomic mass is 10.1. The van der Waals surface area contributed by atoms with Crippen LogP contribution in [0.4, 0.5) is 16.6 Å². The molecule has 10 heteroatoms. The third kappa shape index (κ3) is 6.17. The lowest BCUT2D eigenvalue weighted by molar-refractivity contribution is 0.0398. The summed E-state index contributed by atoms with van der Waals surface area (Å²) in [6, 6.07) is 0.258. The Balaban J connectivity index is 1.40. The molecule has 0 unspecified atom stereocenters. The van der Waals surface area contributed by atoms with Crippen LogP contribution in [-0.4, -0.2) is 96.2 Å². The molecule has 0 aromatic carbocycles. The second kappa shape index (κ2) is 10.2. The number of carbonyl (C=O) groups is 1. The number of nitrogens with one attached hydrogen (secondary N) is 2.